The average Bonchev–Trinajstić information content (AvgIpc) is 2.87. The molecule has 144 valence electrons. The van der Waals surface area contributed by atoms with Crippen molar-refractivity contribution in [1.29, 1.82) is 0 Å². The maximum atomic E-state index is 10.2. The Balaban J connectivity index is 0.00000312. The molecule has 2 rings (SSSR count). The fraction of sp³-hybridized carbons (Fsp3) is 0.667. The number of aliphatic hydroxyl groups excluding tert-OH is 4. The van der Waals surface area contributed by atoms with Crippen LogP contribution in [0.3, 0.4) is 0 Å². The van der Waals surface area contributed by atoms with E-state index in [-0.39, 0.29) is 19.0 Å². The molecule has 1 aliphatic rings. The summed E-state index contributed by atoms with van der Waals surface area (Å²) in [6, 6.07) is 6.75. The molecule has 0 unspecified atom stereocenters. The third-order valence-corrected chi connectivity index (χ3v) is 5.03. The highest BCUT2D eigenvalue weighted by Gasteiger charge is 2.43. The van der Waals surface area contributed by atoms with E-state index >= 15 is 0 Å². The van der Waals surface area contributed by atoms with Crippen LogP contribution in [0.2, 0.25) is 5.02 Å². The highest BCUT2D eigenvalue weighted by atomic mass is 35.5. The highest BCUT2D eigenvalue weighted by molar-refractivity contribution is 6.30. The molecule has 1 heterocycles. The molecule has 7 heteroatoms. The van der Waals surface area contributed by atoms with Gasteiger partial charge in [0.15, 0.2) is 0 Å². The lowest BCUT2D eigenvalue weighted by molar-refractivity contribution is -0.00443. The number of unbranched alkanes of at least 4 members (excludes halogenated alkanes) is 3. The van der Waals surface area contributed by atoms with Crippen LogP contribution in [-0.2, 0) is 6.42 Å². The first-order valence-electron chi connectivity index (χ1n) is 8.68. The van der Waals surface area contributed by atoms with Crippen LogP contribution in [0.5, 0.6) is 0 Å². The first-order valence-corrected chi connectivity index (χ1v) is 9.06. The van der Waals surface area contributed by atoms with Gasteiger partial charge in [-0.05, 0) is 37.0 Å². The van der Waals surface area contributed by atoms with Crippen molar-refractivity contribution < 1.29 is 20.4 Å². The predicted octanol–water partition coefficient (Wildman–Crippen LogP) is 1.67. The zero-order chi connectivity index (χ0) is 17.5. The van der Waals surface area contributed by atoms with Gasteiger partial charge in [0, 0.05) is 5.02 Å². The Bertz CT molecular complexity index is 488. The van der Waals surface area contributed by atoms with Crippen LogP contribution in [0.15, 0.2) is 24.3 Å². The van der Waals surface area contributed by atoms with E-state index in [1.807, 2.05) is 24.3 Å². The topological polar surface area (TPSA) is 93.0 Å². The van der Waals surface area contributed by atoms with Gasteiger partial charge in [-0.3, -0.25) is 0 Å². The number of halogens is 2. The summed E-state index contributed by atoms with van der Waals surface area (Å²) in [6.45, 7) is -0.258. The average molecular weight is 394 g/mol. The Hall–Kier alpha value is -0.400. The summed E-state index contributed by atoms with van der Waals surface area (Å²) in [7, 11) is 0. The number of rotatable bonds is 9. The number of nitrogens with one attached hydrogen (secondary N) is 1. The monoisotopic (exact) mass is 393 g/mol. The van der Waals surface area contributed by atoms with Gasteiger partial charge in [0.1, 0.15) is 0 Å². The molecule has 0 radical (unpaired) electrons. The summed E-state index contributed by atoms with van der Waals surface area (Å²) in [5, 5.41) is 42.6. The Kier molecular flexibility index (Phi) is 10.3. The molecule has 0 amide bonds. The molecule has 0 spiro atoms. The molecule has 0 bridgehead atoms. The minimum atomic E-state index is -1.04. The van der Waals surface area contributed by atoms with Crippen LogP contribution in [-0.4, -0.2) is 57.4 Å². The van der Waals surface area contributed by atoms with Crippen molar-refractivity contribution >= 4 is 24.0 Å². The Morgan fingerprint density at radius 1 is 1.00 bits per heavy atom. The normalized spacial score (nSPS) is 27.1. The number of benzene rings is 1. The van der Waals surface area contributed by atoms with Gasteiger partial charge in [0.05, 0.1) is 37.0 Å². The van der Waals surface area contributed by atoms with Crippen molar-refractivity contribution in [1.82, 2.24) is 5.32 Å². The second-order valence-corrected chi connectivity index (χ2v) is 7.05. The van der Waals surface area contributed by atoms with Gasteiger partial charge in [-0.2, -0.15) is 0 Å². The lowest BCUT2D eigenvalue weighted by atomic mass is 9.98. The molecule has 0 aliphatic carbocycles. The van der Waals surface area contributed by atoms with Gasteiger partial charge in [0.25, 0.3) is 0 Å². The Morgan fingerprint density at radius 3 is 2.24 bits per heavy atom. The third-order valence-electron chi connectivity index (χ3n) is 4.78. The van der Waals surface area contributed by atoms with E-state index in [9.17, 15) is 15.3 Å². The molecular weight excluding hydrogens is 365 g/mol. The maximum Gasteiger partial charge on any atom is 0.0993 e. The van der Waals surface area contributed by atoms with E-state index in [0.717, 1.165) is 37.1 Å². The SMILES string of the molecule is Cl.OC[C@H]1N[C@H]([C@H](O)CCCCCCc2ccc(Cl)cc2)[C@@H](O)[C@@H]1O. The van der Waals surface area contributed by atoms with E-state index in [1.54, 1.807) is 0 Å². The maximum absolute atomic E-state index is 10.2. The van der Waals surface area contributed by atoms with Crippen molar-refractivity contribution in [3.05, 3.63) is 34.9 Å². The van der Waals surface area contributed by atoms with Crippen molar-refractivity contribution in [2.75, 3.05) is 6.61 Å². The number of aliphatic hydroxyl groups is 4. The van der Waals surface area contributed by atoms with Crippen LogP contribution in [0.4, 0.5) is 0 Å². The van der Waals surface area contributed by atoms with Crippen LogP contribution >= 0.6 is 24.0 Å². The van der Waals surface area contributed by atoms with Crippen LogP contribution in [0, 0.1) is 0 Å². The summed E-state index contributed by atoms with van der Waals surface area (Å²) in [5.74, 6) is 0. The fourth-order valence-corrected chi connectivity index (χ4v) is 3.39. The minimum Gasteiger partial charge on any atom is -0.395 e. The van der Waals surface area contributed by atoms with Crippen molar-refractivity contribution in [2.45, 2.75) is 68.9 Å². The summed E-state index contributed by atoms with van der Waals surface area (Å²) < 4.78 is 0. The molecule has 1 aromatic carbocycles. The van der Waals surface area contributed by atoms with E-state index in [4.69, 9.17) is 16.7 Å². The summed E-state index contributed by atoms with van der Waals surface area (Å²) in [6.07, 6.45) is 2.85. The van der Waals surface area contributed by atoms with E-state index < -0.39 is 30.4 Å². The van der Waals surface area contributed by atoms with E-state index in [2.05, 4.69) is 5.32 Å². The minimum absolute atomic E-state index is 0. The third kappa shape index (κ3) is 6.68. The van der Waals surface area contributed by atoms with Gasteiger partial charge in [-0.15, -0.1) is 12.4 Å². The fourth-order valence-electron chi connectivity index (χ4n) is 3.26. The largest absolute Gasteiger partial charge is 0.395 e. The Labute approximate surface area is 160 Å². The van der Waals surface area contributed by atoms with Crippen LogP contribution in [0.25, 0.3) is 0 Å². The quantitative estimate of drug-likeness (QED) is 0.411. The molecular formula is C18H29Cl2NO4. The Morgan fingerprint density at radius 2 is 1.64 bits per heavy atom. The van der Waals surface area contributed by atoms with E-state index in [0.29, 0.717) is 6.42 Å². The lowest BCUT2D eigenvalue weighted by Crippen LogP contribution is -2.44. The molecule has 5 nitrogen and oxygen atoms in total. The van der Waals surface area contributed by atoms with Gasteiger partial charge < -0.3 is 25.7 Å². The molecule has 1 aromatic rings. The van der Waals surface area contributed by atoms with Gasteiger partial charge in [-0.25, -0.2) is 0 Å². The number of hydrogen-bond donors (Lipinski definition) is 5. The lowest BCUT2D eigenvalue weighted by Gasteiger charge is -2.22. The zero-order valence-corrected chi connectivity index (χ0v) is 15.8. The standard InChI is InChI=1S/C18H28ClNO4.ClH/c19-13-9-7-12(8-10-13)5-3-1-2-4-6-15(22)16-18(24)17(23)14(11-21)20-16;/h7-10,14-18,20-24H,1-6,11H2;1H/t14-,15-,16-,17-,18-;/m1./s1. The van der Waals surface area contributed by atoms with E-state index in [1.165, 1.54) is 5.56 Å². The smallest absolute Gasteiger partial charge is 0.0993 e. The predicted molar refractivity (Wildman–Crippen MR) is 101 cm³/mol. The van der Waals surface area contributed by atoms with Crippen LogP contribution in [0.1, 0.15) is 37.7 Å². The zero-order valence-electron chi connectivity index (χ0n) is 14.2. The number of aryl methyl sites for hydroxylation is 1. The molecule has 1 aliphatic heterocycles. The van der Waals surface area contributed by atoms with Gasteiger partial charge >= 0.3 is 0 Å². The first kappa shape index (κ1) is 22.6. The summed E-state index contributed by atoms with van der Waals surface area (Å²) in [5.41, 5.74) is 1.28. The second kappa shape index (κ2) is 11.3. The molecule has 1 fully saturated rings. The molecule has 5 N–H and O–H groups in total. The van der Waals surface area contributed by atoms with Crippen LogP contribution < -0.4 is 5.32 Å². The molecule has 25 heavy (non-hydrogen) atoms. The molecule has 5 atom stereocenters. The van der Waals surface area contributed by atoms with Crippen molar-refractivity contribution in [3.63, 3.8) is 0 Å². The highest BCUT2D eigenvalue weighted by Crippen LogP contribution is 2.20. The van der Waals surface area contributed by atoms with Crippen molar-refractivity contribution in [3.8, 4) is 0 Å². The second-order valence-electron chi connectivity index (χ2n) is 6.61. The van der Waals surface area contributed by atoms with Gasteiger partial charge in [0.2, 0.25) is 0 Å². The van der Waals surface area contributed by atoms with Crippen molar-refractivity contribution in [2.24, 2.45) is 0 Å². The summed E-state index contributed by atoms with van der Waals surface area (Å²) in [4.78, 5) is 0. The molecule has 0 saturated carbocycles. The molecule has 1 saturated heterocycles. The molecule has 0 aromatic heterocycles. The van der Waals surface area contributed by atoms with Gasteiger partial charge in [-0.1, -0.05) is 43.0 Å². The number of hydrogen-bond acceptors (Lipinski definition) is 5. The first-order chi connectivity index (χ1) is 11.5. The summed E-state index contributed by atoms with van der Waals surface area (Å²) >= 11 is 5.86.